The summed E-state index contributed by atoms with van der Waals surface area (Å²) in [7, 11) is 0. The number of carboxylic acids is 1. The number of hydrogen-bond acceptors (Lipinski definition) is 6. The van der Waals surface area contributed by atoms with Crippen molar-refractivity contribution in [3.8, 4) is 0 Å². The SMILES string of the molecule is N[C@@H](CC(=O)OCc1ccccc1)C(=O)N[C@@H](Cc1ccc(F)cc1)C(=O)NCc1cccc2ccccc12.O=C(O)C(F)(F)F. The number of alkyl halides is 3. The standard InChI is InChI=1S/C31H30FN3O4.C2HF3O2/c32-25-15-13-21(14-16-25)17-28(31(38)34-19-24-11-6-10-23-9-4-5-12-26(23)24)35-30(37)27(33)18-29(36)39-20-22-7-2-1-3-8-22;3-2(4,5)1(6)7/h1-16,27-28H,17-20,33H2,(H,34,38)(H,35,37);(H,6,7)/t27-,28-;/m0./s1. The first-order chi connectivity index (χ1) is 21.8. The van der Waals surface area contributed by atoms with E-state index in [1.54, 1.807) is 12.1 Å². The second-order valence-electron chi connectivity index (χ2n) is 10.0. The van der Waals surface area contributed by atoms with Crippen molar-refractivity contribution in [1.82, 2.24) is 10.6 Å². The van der Waals surface area contributed by atoms with Crippen molar-refractivity contribution in [2.45, 2.75) is 44.3 Å². The van der Waals surface area contributed by atoms with E-state index in [0.717, 1.165) is 21.9 Å². The molecule has 0 aromatic heterocycles. The van der Waals surface area contributed by atoms with Gasteiger partial charge in [-0.1, -0.05) is 84.9 Å². The minimum atomic E-state index is -5.08. The molecule has 9 nitrogen and oxygen atoms in total. The zero-order valence-corrected chi connectivity index (χ0v) is 24.3. The number of nitrogens with one attached hydrogen (secondary N) is 2. The number of esters is 1. The molecule has 2 amide bonds. The molecule has 0 spiro atoms. The van der Waals surface area contributed by atoms with Gasteiger partial charge in [-0.2, -0.15) is 13.2 Å². The van der Waals surface area contributed by atoms with Crippen molar-refractivity contribution in [2.24, 2.45) is 5.73 Å². The highest BCUT2D eigenvalue weighted by Crippen LogP contribution is 2.18. The average molecular weight is 642 g/mol. The predicted molar refractivity (Wildman–Crippen MR) is 160 cm³/mol. The summed E-state index contributed by atoms with van der Waals surface area (Å²) in [6.45, 7) is 0.311. The Morgan fingerprint density at radius 3 is 2.07 bits per heavy atom. The number of amides is 2. The molecule has 0 unspecified atom stereocenters. The van der Waals surface area contributed by atoms with Crippen LogP contribution in [0.25, 0.3) is 10.8 Å². The molecule has 0 saturated carbocycles. The number of hydrogen-bond donors (Lipinski definition) is 4. The van der Waals surface area contributed by atoms with Gasteiger partial charge in [-0.05, 0) is 39.6 Å². The van der Waals surface area contributed by atoms with E-state index in [2.05, 4.69) is 10.6 Å². The summed E-state index contributed by atoms with van der Waals surface area (Å²) in [5.41, 5.74) is 8.37. The predicted octanol–water partition coefficient (Wildman–Crippen LogP) is 4.42. The molecule has 5 N–H and O–H groups in total. The van der Waals surface area contributed by atoms with Crippen molar-refractivity contribution < 1.29 is 46.6 Å². The van der Waals surface area contributed by atoms with E-state index >= 15 is 0 Å². The maximum atomic E-state index is 13.4. The largest absolute Gasteiger partial charge is 0.490 e. The quantitative estimate of drug-likeness (QED) is 0.140. The van der Waals surface area contributed by atoms with Gasteiger partial charge in [0.25, 0.3) is 0 Å². The van der Waals surface area contributed by atoms with Crippen LogP contribution in [0, 0.1) is 5.82 Å². The molecule has 46 heavy (non-hydrogen) atoms. The Morgan fingerprint density at radius 2 is 1.41 bits per heavy atom. The Kier molecular flexibility index (Phi) is 12.8. The molecule has 0 fully saturated rings. The van der Waals surface area contributed by atoms with E-state index in [1.165, 1.54) is 12.1 Å². The normalized spacial score (nSPS) is 12.2. The number of halogens is 4. The molecule has 4 rings (SSSR count). The number of aliphatic carboxylic acids is 1. The fourth-order valence-electron chi connectivity index (χ4n) is 4.17. The lowest BCUT2D eigenvalue weighted by atomic mass is 10.0. The molecular formula is C33H31F4N3O6. The van der Waals surface area contributed by atoms with E-state index < -0.39 is 47.8 Å². The Morgan fingerprint density at radius 1 is 0.804 bits per heavy atom. The molecule has 242 valence electrons. The average Bonchev–Trinajstić information content (AvgIpc) is 3.03. The number of benzene rings is 4. The lowest BCUT2D eigenvalue weighted by Gasteiger charge is -2.21. The number of ether oxygens (including phenoxy) is 1. The third kappa shape index (κ3) is 11.3. The van der Waals surface area contributed by atoms with E-state index in [-0.39, 0.29) is 26.0 Å². The monoisotopic (exact) mass is 641 g/mol. The lowest BCUT2D eigenvalue weighted by Crippen LogP contribution is -2.52. The van der Waals surface area contributed by atoms with Crippen molar-refractivity contribution in [2.75, 3.05) is 0 Å². The van der Waals surface area contributed by atoms with Gasteiger partial charge >= 0.3 is 18.1 Å². The maximum absolute atomic E-state index is 13.4. The zero-order valence-electron chi connectivity index (χ0n) is 24.3. The first-order valence-corrected chi connectivity index (χ1v) is 13.9. The number of carbonyl (C=O) groups is 4. The van der Waals surface area contributed by atoms with Crippen LogP contribution in [0.4, 0.5) is 17.6 Å². The molecule has 0 aliphatic rings. The Hall–Kier alpha value is -5.30. The number of rotatable bonds is 11. The van der Waals surface area contributed by atoms with Crippen LogP contribution in [0.2, 0.25) is 0 Å². The van der Waals surface area contributed by atoms with Gasteiger partial charge in [0, 0.05) is 13.0 Å². The molecule has 0 saturated heterocycles. The maximum Gasteiger partial charge on any atom is 0.490 e. The van der Waals surface area contributed by atoms with Gasteiger partial charge < -0.3 is 26.2 Å². The summed E-state index contributed by atoms with van der Waals surface area (Å²) >= 11 is 0. The Balaban J connectivity index is 0.000000738. The van der Waals surface area contributed by atoms with Crippen LogP contribution in [-0.2, 0) is 43.5 Å². The van der Waals surface area contributed by atoms with Crippen LogP contribution < -0.4 is 16.4 Å². The Labute approximate surface area is 261 Å². The molecule has 0 bridgehead atoms. The number of carbonyl (C=O) groups excluding carboxylic acids is 3. The van der Waals surface area contributed by atoms with Crippen LogP contribution >= 0.6 is 0 Å². The first kappa shape index (κ1) is 35.2. The molecule has 13 heteroatoms. The van der Waals surface area contributed by atoms with Crippen molar-refractivity contribution in [1.29, 1.82) is 0 Å². The summed E-state index contributed by atoms with van der Waals surface area (Å²) in [5.74, 6) is -4.89. The smallest absolute Gasteiger partial charge is 0.475 e. The lowest BCUT2D eigenvalue weighted by molar-refractivity contribution is -0.192. The van der Waals surface area contributed by atoms with Gasteiger partial charge in [0.05, 0.1) is 12.5 Å². The first-order valence-electron chi connectivity index (χ1n) is 13.9. The fraction of sp³-hybridized carbons (Fsp3) is 0.212. The van der Waals surface area contributed by atoms with Gasteiger partial charge in [-0.3, -0.25) is 14.4 Å². The number of carboxylic acid groups (broad SMARTS) is 1. The second kappa shape index (κ2) is 16.7. The molecule has 4 aromatic carbocycles. The van der Waals surface area contributed by atoms with Gasteiger partial charge in [0.15, 0.2) is 0 Å². The molecular weight excluding hydrogens is 610 g/mol. The summed E-state index contributed by atoms with van der Waals surface area (Å²) in [6, 6.07) is 26.3. The number of nitrogens with two attached hydrogens (primary N) is 1. The van der Waals surface area contributed by atoms with Gasteiger partial charge in [-0.25, -0.2) is 9.18 Å². The molecule has 0 heterocycles. The molecule has 2 atom stereocenters. The van der Waals surface area contributed by atoms with Crippen LogP contribution in [0.5, 0.6) is 0 Å². The van der Waals surface area contributed by atoms with Gasteiger partial charge in [-0.15, -0.1) is 0 Å². The van der Waals surface area contributed by atoms with E-state index in [0.29, 0.717) is 5.56 Å². The summed E-state index contributed by atoms with van der Waals surface area (Å²) in [6.07, 6.45) is -5.32. The van der Waals surface area contributed by atoms with Crippen LogP contribution in [-0.4, -0.2) is 47.1 Å². The van der Waals surface area contributed by atoms with E-state index in [1.807, 2.05) is 72.8 Å². The topological polar surface area (TPSA) is 148 Å². The third-order valence-corrected chi connectivity index (χ3v) is 6.53. The van der Waals surface area contributed by atoms with Crippen LogP contribution in [0.1, 0.15) is 23.1 Å². The summed E-state index contributed by atoms with van der Waals surface area (Å²) < 4.78 is 50.4. The summed E-state index contributed by atoms with van der Waals surface area (Å²) in [4.78, 5) is 47.2. The highest BCUT2D eigenvalue weighted by molar-refractivity contribution is 5.92. The van der Waals surface area contributed by atoms with Gasteiger partial charge in [0.1, 0.15) is 18.5 Å². The van der Waals surface area contributed by atoms with E-state index in [4.69, 9.17) is 20.4 Å². The van der Waals surface area contributed by atoms with Crippen molar-refractivity contribution in [3.05, 3.63) is 120 Å². The molecule has 0 radical (unpaired) electrons. The van der Waals surface area contributed by atoms with Crippen molar-refractivity contribution in [3.63, 3.8) is 0 Å². The third-order valence-electron chi connectivity index (χ3n) is 6.53. The highest BCUT2D eigenvalue weighted by atomic mass is 19.4. The fourth-order valence-corrected chi connectivity index (χ4v) is 4.17. The minimum Gasteiger partial charge on any atom is -0.475 e. The zero-order chi connectivity index (χ0) is 33.7. The highest BCUT2D eigenvalue weighted by Gasteiger charge is 2.38. The molecule has 0 aliphatic heterocycles. The van der Waals surface area contributed by atoms with E-state index in [9.17, 15) is 31.9 Å². The second-order valence-corrected chi connectivity index (χ2v) is 10.0. The van der Waals surface area contributed by atoms with Crippen LogP contribution in [0.15, 0.2) is 97.1 Å². The van der Waals surface area contributed by atoms with Gasteiger partial charge in [0.2, 0.25) is 11.8 Å². The Bertz CT molecular complexity index is 1630. The van der Waals surface area contributed by atoms with Crippen molar-refractivity contribution >= 4 is 34.5 Å². The molecule has 4 aromatic rings. The summed E-state index contributed by atoms with van der Waals surface area (Å²) in [5, 5.41) is 14.7. The minimum absolute atomic E-state index is 0.0672. The molecule has 0 aliphatic carbocycles. The number of fused-ring (bicyclic) bond motifs is 1. The van der Waals surface area contributed by atoms with Crippen LogP contribution in [0.3, 0.4) is 0 Å².